The van der Waals surface area contributed by atoms with Crippen molar-refractivity contribution in [3.05, 3.63) is 92.0 Å². The molecule has 0 radical (unpaired) electrons. The summed E-state index contributed by atoms with van der Waals surface area (Å²) >= 11 is 5.96. The molecule has 3 aromatic rings. The highest BCUT2D eigenvalue weighted by Gasteiger charge is 2.34. The quantitative estimate of drug-likeness (QED) is 0.225. The van der Waals surface area contributed by atoms with Gasteiger partial charge in [-0.3, -0.25) is 14.9 Å². The van der Waals surface area contributed by atoms with Crippen molar-refractivity contribution in [1.29, 1.82) is 0 Å². The number of hydrogen-bond acceptors (Lipinski definition) is 8. The highest BCUT2D eigenvalue weighted by atomic mass is 35.5. The van der Waals surface area contributed by atoms with Gasteiger partial charge < -0.3 is 23.8 Å². The standard InChI is InChI=1S/C27H25ClN2O8/c1-35-24-13-17-10-11-29(26(31)18-6-9-21(28)22(12-18)30(33)34)23(20(17)14-25(24)36-2)15-38-19-7-4-16(5-8-19)27(32)37-3/h4-9,12-14,23H,10-11,15H2,1-3H3. The summed E-state index contributed by atoms with van der Waals surface area (Å²) in [5, 5.41) is 11.3. The van der Waals surface area contributed by atoms with Crippen molar-refractivity contribution in [2.75, 3.05) is 34.5 Å². The number of fused-ring (bicyclic) bond motifs is 1. The van der Waals surface area contributed by atoms with Crippen LogP contribution in [0.4, 0.5) is 5.69 Å². The number of nitro benzene ring substituents is 1. The number of nitrogens with zero attached hydrogens (tertiary/aromatic N) is 2. The van der Waals surface area contributed by atoms with Crippen molar-refractivity contribution in [3.63, 3.8) is 0 Å². The molecule has 0 N–H and O–H groups in total. The maximum Gasteiger partial charge on any atom is 0.337 e. The predicted molar refractivity (Wildman–Crippen MR) is 138 cm³/mol. The molecule has 1 atom stereocenters. The van der Waals surface area contributed by atoms with Gasteiger partial charge in [-0.15, -0.1) is 0 Å². The molecule has 0 bridgehead atoms. The van der Waals surface area contributed by atoms with Crippen LogP contribution in [-0.4, -0.2) is 56.2 Å². The van der Waals surface area contributed by atoms with Crippen LogP contribution in [0.25, 0.3) is 0 Å². The Bertz CT molecular complexity index is 1380. The third-order valence-corrected chi connectivity index (χ3v) is 6.66. The van der Waals surface area contributed by atoms with Gasteiger partial charge in [-0.1, -0.05) is 11.6 Å². The van der Waals surface area contributed by atoms with Crippen molar-refractivity contribution in [1.82, 2.24) is 4.90 Å². The van der Waals surface area contributed by atoms with E-state index in [1.165, 1.54) is 32.4 Å². The molecule has 0 aromatic heterocycles. The molecule has 0 aliphatic carbocycles. The van der Waals surface area contributed by atoms with Crippen molar-refractivity contribution in [2.24, 2.45) is 0 Å². The Kier molecular flexibility index (Phi) is 8.02. The molecule has 1 aliphatic heterocycles. The summed E-state index contributed by atoms with van der Waals surface area (Å²) < 4.78 is 21.7. The molecule has 38 heavy (non-hydrogen) atoms. The van der Waals surface area contributed by atoms with E-state index in [1.54, 1.807) is 36.3 Å². The van der Waals surface area contributed by atoms with E-state index in [1.807, 2.05) is 12.1 Å². The molecule has 1 unspecified atom stereocenters. The maximum absolute atomic E-state index is 13.6. The summed E-state index contributed by atoms with van der Waals surface area (Å²) in [4.78, 5) is 37.8. The molecule has 4 rings (SSSR count). The van der Waals surface area contributed by atoms with Crippen LogP contribution in [0.3, 0.4) is 0 Å². The van der Waals surface area contributed by atoms with Gasteiger partial charge in [-0.25, -0.2) is 4.79 Å². The Balaban J connectivity index is 1.69. The number of rotatable bonds is 8. The lowest BCUT2D eigenvalue weighted by molar-refractivity contribution is -0.384. The summed E-state index contributed by atoms with van der Waals surface area (Å²) in [5.41, 5.74) is 1.93. The molecule has 0 spiro atoms. The van der Waals surface area contributed by atoms with Gasteiger partial charge in [-0.05, 0) is 66.1 Å². The number of esters is 1. The second-order valence-electron chi connectivity index (χ2n) is 8.42. The van der Waals surface area contributed by atoms with Crippen LogP contribution in [0.5, 0.6) is 17.2 Å². The first-order chi connectivity index (χ1) is 18.3. The molecule has 0 saturated heterocycles. The number of hydrogen-bond donors (Lipinski definition) is 0. The van der Waals surface area contributed by atoms with Gasteiger partial charge in [0.05, 0.1) is 37.9 Å². The Labute approximate surface area is 223 Å². The van der Waals surface area contributed by atoms with E-state index < -0.39 is 22.8 Å². The zero-order chi connectivity index (χ0) is 27.4. The minimum Gasteiger partial charge on any atom is -0.493 e. The first-order valence-electron chi connectivity index (χ1n) is 11.6. The lowest BCUT2D eigenvalue weighted by Gasteiger charge is -2.37. The lowest BCUT2D eigenvalue weighted by atomic mass is 9.91. The molecular weight excluding hydrogens is 516 g/mol. The van der Waals surface area contributed by atoms with Gasteiger partial charge in [0.2, 0.25) is 0 Å². The summed E-state index contributed by atoms with van der Waals surface area (Å²) in [6.45, 7) is 0.411. The average molecular weight is 541 g/mol. The van der Waals surface area contributed by atoms with Crippen LogP contribution in [0, 0.1) is 10.1 Å². The minimum absolute atomic E-state index is 0.0531. The van der Waals surface area contributed by atoms with E-state index in [-0.39, 0.29) is 22.9 Å². The van der Waals surface area contributed by atoms with Crippen LogP contribution < -0.4 is 14.2 Å². The number of methoxy groups -OCH3 is 3. The Morgan fingerprint density at radius 1 is 1.00 bits per heavy atom. The van der Waals surface area contributed by atoms with Crippen LogP contribution in [0.15, 0.2) is 54.6 Å². The van der Waals surface area contributed by atoms with Gasteiger partial charge in [-0.2, -0.15) is 0 Å². The number of halogens is 1. The van der Waals surface area contributed by atoms with E-state index in [2.05, 4.69) is 0 Å². The number of carbonyl (C=O) groups excluding carboxylic acids is 2. The molecule has 1 amide bonds. The molecular formula is C27H25ClN2O8. The molecule has 1 heterocycles. The number of benzene rings is 3. The summed E-state index contributed by atoms with van der Waals surface area (Å²) in [6.07, 6.45) is 0.529. The second kappa shape index (κ2) is 11.4. The molecule has 198 valence electrons. The van der Waals surface area contributed by atoms with Gasteiger partial charge in [0.1, 0.15) is 17.4 Å². The third kappa shape index (κ3) is 5.35. The molecule has 1 aliphatic rings. The first kappa shape index (κ1) is 26.7. The molecule has 0 saturated carbocycles. The summed E-state index contributed by atoms with van der Waals surface area (Å²) in [7, 11) is 4.38. The van der Waals surface area contributed by atoms with Crippen molar-refractivity contribution in [3.8, 4) is 17.2 Å². The predicted octanol–water partition coefficient (Wildman–Crippen LogP) is 4.87. The van der Waals surface area contributed by atoms with Crippen LogP contribution in [-0.2, 0) is 11.2 Å². The molecule has 3 aromatic carbocycles. The largest absolute Gasteiger partial charge is 0.493 e. The number of carbonyl (C=O) groups is 2. The highest BCUT2D eigenvalue weighted by Crippen LogP contribution is 2.39. The SMILES string of the molecule is COC(=O)c1ccc(OCC2c3cc(OC)c(OC)cc3CCN2C(=O)c2ccc(Cl)c([N+](=O)[O-])c2)cc1. The fraction of sp³-hybridized carbons (Fsp3) is 0.259. The van der Waals surface area contributed by atoms with Crippen LogP contribution in [0.2, 0.25) is 5.02 Å². The fourth-order valence-electron chi connectivity index (χ4n) is 4.38. The fourth-order valence-corrected chi connectivity index (χ4v) is 4.57. The summed E-state index contributed by atoms with van der Waals surface area (Å²) in [6, 6.07) is 13.6. The minimum atomic E-state index is -0.625. The van der Waals surface area contributed by atoms with Crippen molar-refractivity contribution < 1.29 is 33.5 Å². The first-order valence-corrected chi connectivity index (χ1v) is 12.0. The molecule has 10 nitrogen and oxygen atoms in total. The molecule has 11 heteroatoms. The second-order valence-corrected chi connectivity index (χ2v) is 8.83. The van der Waals surface area contributed by atoms with Gasteiger partial charge in [0.25, 0.3) is 11.6 Å². The average Bonchev–Trinajstić information content (AvgIpc) is 2.94. The normalized spacial score (nSPS) is 14.3. The maximum atomic E-state index is 13.6. The van der Waals surface area contributed by atoms with Crippen molar-refractivity contribution in [2.45, 2.75) is 12.5 Å². The van der Waals surface area contributed by atoms with Gasteiger partial charge in [0.15, 0.2) is 11.5 Å². The highest BCUT2D eigenvalue weighted by molar-refractivity contribution is 6.32. The van der Waals surface area contributed by atoms with Crippen molar-refractivity contribution >= 4 is 29.2 Å². The summed E-state index contributed by atoms with van der Waals surface area (Å²) in [5.74, 6) is 0.680. The van der Waals surface area contributed by atoms with Gasteiger partial charge >= 0.3 is 5.97 Å². The Morgan fingerprint density at radius 2 is 1.66 bits per heavy atom. The van der Waals surface area contributed by atoms with Crippen LogP contribution in [0.1, 0.15) is 37.9 Å². The van der Waals surface area contributed by atoms with E-state index in [0.29, 0.717) is 35.8 Å². The van der Waals surface area contributed by atoms with E-state index >= 15 is 0 Å². The zero-order valence-corrected chi connectivity index (χ0v) is 21.7. The van der Waals surface area contributed by atoms with E-state index in [0.717, 1.165) is 11.1 Å². The zero-order valence-electron chi connectivity index (χ0n) is 20.9. The van der Waals surface area contributed by atoms with E-state index in [9.17, 15) is 19.7 Å². The topological polar surface area (TPSA) is 117 Å². The Hall–Kier alpha value is -4.31. The van der Waals surface area contributed by atoms with Gasteiger partial charge in [0, 0.05) is 18.2 Å². The smallest absolute Gasteiger partial charge is 0.337 e. The lowest BCUT2D eigenvalue weighted by Crippen LogP contribution is -2.42. The monoisotopic (exact) mass is 540 g/mol. The number of ether oxygens (including phenoxy) is 4. The number of amides is 1. The molecule has 0 fully saturated rings. The third-order valence-electron chi connectivity index (χ3n) is 6.34. The van der Waals surface area contributed by atoms with E-state index in [4.69, 9.17) is 30.5 Å². The Morgan fingerprint density at radius 3 is 2.29 bits per heavy atom. The number of nitro groups is 1. The van der Waals surface area contributed by atoms with Crippen LogP contribution >= 0.6 is 11.6 Å².